The van der Waals surface area contributed by atoms with E-state index in [1.54, 1.807) is 11.8 Å². The molecule has 0 radical (unpaired) electrons. The molecule has 1 aromatic heterocycles. The van der Waals surface area contributed by atoms with Gasteiger partial charge in [0.15, 0.2) is 5.69 Å². The maximum absolute atomic E-state index is 13.7. The van der Waals surface area contributed by atoms with Gasteiger partial charge in [-0.3, -0.25) is 4.79 Å². The standard InChI is InChI=1S/C26H24F3N3O5/c1-2-35-24(34)19-14-36-25(30-19)31-22-17-6-3-4-8-20(17)32(21-9-5-7-18(21)22)23(33)15-10-12-16(13-11-15)37-26(27,28)29/h3-4,6,8,10-14,18,21-22H,2,5,7,9H2,1H3,(H,30,31). The first kappa shape index (κ1) is 24.7. The van der Waals surface area contributed by atoms with Crippen molar-refractivity contribution in [3.63, 3.8) is 0 Å². The Bertz CT molecular complexity index is 1290. The zero-order valence-electron chi connectivity index (χ0n) is 19.8. The lowest BCUT2D eigenvalue weighted by atomic mass is 9.82. The number of nitrogens with one attached hydrogen (secondary N) is 1. The summed E-state index contributed by atoms with van der Waals surface area (Å²) in [5.41, 5.74) is 1.87. The number of hydrogen-bond acceptors (Lipinski definition) is 7. The Balaban J connectivity index is 1.44. The molecule has 2 aromatic carbocycles. The second-order valence-corrected chi connectivity index (χ2v) is 8.85. The van der Waals surface area contributed by atoms with Crippen LogP contribution in [-0.4, -0.2) is 35.9 Å². The molecule has 2 aliphatic rings. The van der Waals surface area contributed by atoms with E-state index in [2.05, 4.69) is 15.0 Å². The third-order valence-electron chi connectivity index (χ3n) is 6.64. The van der Waals surface area contributed by atoms with Crippen LogP contribution in [0.3, 0.4) is 0 Å². The Morgan fingerprint density at radius 1 is 1.14 bits per heavy atom. The molecule has 1 aliphatic carbocycles. The third-order valence-corrected chi connectivity index (χ3v) is 6.64. The summed E-state index contributed by atoms with van der Waals surface area (Å²) in [5.74, 6) is -1.25. The number of esters is 1. The number of benzene rings is 2. The van der Waals surface area contributed by atoms with E-state index in [1.807, 2.05) is 24.3 Å². The predicted octanol–water partition coefficient (Wildman–Crippen LogP) is 5.73. The number of halogens is 3. The highest BCUT2D eigenvalue weighted by Crippen LogP contribution is 2.49. The number of rotatable bonds is 6. The summed E-state index contributed by atoms with van der Waals surface area (Å²) >= 11 is 0. The summed E-state index contributed by atoms with van der Waals surface area (Å²) in [4.78, 5) is 31.6. The fraction of sp³-hybridized carbons (Fsp3) is 0.346. The second-order valence-electron chi connectivity index (χ2n) is 8.85. The first-order valence-corrected chi connectivity index (χ1v) is 11.9. The zero-order chi connectivity index (χ0) is 26.2. The van der Waals surface area contributed by atoms with E-state index >= 15 is 0 Å². The van der Waals surface area contributed by atoms with E-state index in [9.17, 15) is 22.8 Å². The van der Waals surface area contributed by atoms with Gasteiger partial charge < -0.3 is 24.1 Å². The molecule has 2 heterocycles. The lowest BCUT2D eigenvalue weighted by molar-refractivity contribution is -0.274. The molecular weight excluding hydrogens is 491 g/mol. The highest BCUT2D eigenvalue weighted by molar-refractivity contribution is 6.07. The SMILES string of the molecule is CCOC(=O)c1coc(NC2c3ccccc3N(C(=O)c3ccc(OC(F)(F)F)cc3)C3CCCC23)n1. The minimum Gasteiger partial charge on any atom is -0.461 e. The Labute approximate surface area is 210 Å². The summed E-state index contributed by atoms with van der Waals surface area (Å²) in [6.45, 7) is 1.92. The fourth-order valence-corrected chi connectivity index (χ4v) is 5.21. The predicted molar refractivity (Wildman–Crippen MR) is 126 cm³/mol. The number of alkyl halides is 3. The molecule has 194 valence electrons. The summed E-state index contributed by atoms with van der Waals surface area (Å²) in [6, 6.07) is 12.2. The van der Waals surface area contributed by atoms with E-state index < -0.39 is 12.3 Å². The zero-order valence-corrected chi connectivity index (χ0v) is 19.8. The highest BCUT2D eigenvalue weighted by Gasteiger charge is 2.46. The van der Waals surface area contributed by atoms with Gasteiger partial charge in [0, 0.05) is 23.2 Å². The Morgan fingerprint density at radius 2 is 1.89 bits per heavy atom. The topological polar surface area (TPSA) is 93.9 Å². The highest BCUT2D eigenvalue weighted by atomic mass is 19.4. The van der Waals surface area contributed by atoms with Crippen LogP contribution >= 0.6 is 0 Å². The van der Waals surface area contributed by atoms with Crippen LogP contribution in [-0.2, 0) is 4.74 Å². The van der Waals surface area contributed by atoms with Crippen molar-refractivity contribution in [2.24, 2.45) is 5.92 Å². The average Bonchev–Trinajstić information content (AvgIpc) is 3.53. The third kappa shape index (κ3) is 4.98. The van der Waals surface area contributed by atoms with Crippen molar-refractivity contribution in [3.8, 4) is 5.75 Å². The first-order valence-electron chi connectivity index (χ1n) is 11.9. The number of ether oxygens (including phenoxy) is 2. The van der Waals surface area contributed by atoms with Crippen LogP contribution < -0.4 is 15.0 Å². The lowest BCUT2D eigenvalue weighted by Crippen LogP contribution is -2.49. The molecule has 1 aliphatic heterocycles. The number of anilines is 2. The van der Waals surface area contributed by atoms with Gasteiger partial charge in [0.25, 0.3) is 11.9 Å². The molecule has 1 fully saturated rings. The van der Waals surface area contributed by atoms with Gasteiger partial charge in [-0.15, -0.1) is 13.2 Å². The summed E-state index contributed by atoms with van der Waals surface area (Å²) in [5, 5.41) is 3.31. The number of fused-ring (bicyclic) bond motifs is 2. The van der Waals surface area contributed by atoms with E-state index in [0.29, 0.717) is 5.69 Å². The van der Waals surface area contributed by atoms with Crippen molar-refractivity contribution in [3.05, 3.63) is 71.6 Å². The van der Waals surface area contributed by atoms with E-state index in [1.165, 1.54) is 18.4 Å². The lowest BCUT2D eigenvalue weighted by Gasteiger charge is -2.43. The van der Waals surface area contributed by atoms with Crippen molar-refractivity contribution < 1.29 is 36.7 Å². The van der Waals surface area contributed by atoms with Crippen LogP contribution in [0.2, 0.25) is 0 Å². The van der Waals surface area contributed by atoms with Gasteiger partial charge in [-0.25, -0.2) is 4.79 Å². The monoisotopic (exact) mass is 515 g/mol. The molecular formula is C26H24F3N3O5. The Morgan fingerprint density at radius 3 is 2.62 bits per heavy atom. The maximum Gasteiger partial charge on any atom is 0.573 e. The number of hydrogen-bond donors (Lipinski definition) is 1. The molecule has 1 amide bonds. The van der Waals surface area contributed by atoms with Crippen LogP contribution in [0.25, 0.3) is 0 Å². The fourth-order valence-electron chi connectivity index (χ4n) is 5.21. The molecule has 37 heavy (non-hydrogen) atoms. The van der Waals surface area contributed by atoms with Gasteiger partial charge >= 0.3 is 12.3 Å². The van der Waals surface area contributed by atoms with Gasteiger partial charge in [0.05, 0.1) is 12.6 Å². The van der Waals surface area contributed by atoms with Crippen LogP contribution in [0.5, 0.6) is 5.75 Å². The van der Waals surface area contributed by atoms with Crippen molar-refractivity contribution >= 4 is 23.6 Å². The quantitative estimate of drug-likeness (QED) is 0.419. The van der Waals surface area contributed by atoms with E-state index in [0.717, 1.165) is 37.0 Å². The largest absolute Gasteiger partial charge is 0.573 e. The maximum atomic E-state index is 13.7. The molecule has 11 heteroatoms. The Hall–Kier alpha value is -4.02. The summed E-state index contributed by atoms with van der Waals surface area (Å²) < 4.78 is 52.0. The first-order chi connectivity index (χ1) is 17.7. The molecule has 0 saturated heterocycles. The van der Waals surface area contributed by atoms with Crippen LogP contribution in [0.1, 0.15) is 58.6 Å². The van der Waals surface area contributed by atoms with E-state index in [-0.39, 0.29) is 53.5 Å². The summed E-state index contributed by atoms with van der Waals surface area (Å²) in [7, 11) is 0. The van der Waals surface area contributed by atoms with Gasteiger partial charge in [-0.05, 0) is 55.7 Å². The van der Waals surface area contributed by atoms with Crippen LogP contribution in [0.15, 0.2) is 59.2 Å². The molecule has 1 N–H and O–H groups in total. The number of amides is 1. The van der Waals surface area contributed by atoms with Gasteiger partial charge in [-0.1, -0.05) is 24.6 Å². The minimum atomic E-state index is -4.81. The molecule has 5 rings (SSSR count). The van der Waals surface area contributed by atoms with Crippen molar-refractivity contribution in [2.75, 3.05) is 16.8 Å². The molecule has 3 aromatic rings. The number of carbonyl (C=O) groups is 2. The normalized spacial score (nSPS) is 20.6. The van der Waals surface area contributed by atoms with E-state index in [4.69, 9.17) is 9.15 Å². The smallest absolute Gasteiger partial charge is 0.461 e. The van der Waals surface area contributed by atoms with Crippen molar-refractivity contribution in [2.45, 2.75) is 44.6 Å². The van der Waals surface area contributed by atoms with Gasteiger partial charge in [0.1, 0.15) is 12.0 Å². The minimum absolute atomic E-state index is 0.0182. The molecule has 3 unspecified atom stereocenters. The van der Waals surface area contributed by atoms with Gasteiger partial charge in [-0.2, -0.15) is 4.98 Å². The van der Waals surface area contributed by atoms with Crippen LogP contribution in [0, 0.1) is 5.92 Å². The average molecular weight is 515 g/mol. The number of para-hydroxylation sites is 1. The molecule has 0 bridgehead atoms. The number of aromatic nitrogens is 1. The summed E-state index contributed by atoms with van der Waals surface area (Å²) in [6.07, 6.45) is -1.08. The van der Waals surface area contributed by atoms with Crippen molar-refractivity contribution in [1.82, 2.24) is 4.98 Å². The van der Waals surface area contributed by atoms with Crippen molar-refractivity contribution in [1.29, 1.82) is 0 Å². The Kier molecular flexibility index (Phi) is 6.53. The molecule has 1 saturated carbocycles. The molecule has 3 atom stereocenters. The number of nitrogens with zero attached hydrogens (tertiary/aromatic N) is 2. The number of carbonyl (C=O) groups excluding carboxylic acids is 2. The molecule has 0 spiro atoms. The number of oxazole rings is 1. The van der Waals surface area contributed by atoms with Crippen LogP contribution in [0.4, 0.5) is 24.9 Å². The van der Waals surface area contributed by atoms with Gasteiger partial charge in [0.2, 0.25) is 0 Å². The molecule has 8 nitrogen and oxygen atoms in total. The second kappa shape index (κ2) is 9.79.